The molecule has 0 fully saturated rings. The van der Waals surface area contributed by atoms with Crippen molar-refractivity contribution in [1.82, 2.24) is 5.32 Å². The maximum absolute atomic E-state index is 10.3. The highest BCUT2D eigenvalue weighted by Gasteiger charge is 2.25. The van der Waals surface area contributed by atoms with E-state index in [2.05, 4.69) is 5.32 Å². The number of rotatable bonds is 5. The van der Waals surface area contributed by atoms with Gasteiger partial charge in [-0.3, -0.25) is 0 Å². The van der Waals surface area contributed by atoms with Crippen molar-refractivity contribution >= 4 is 23.2 Å². The van der Waals surface area contributed by atoms with E-state index in [9.17, 15) is 5.11 Å². The summed E-state index contributed by atoms with van der Waals surface area (Å²) in [5.74, 6) is 0.519. The average Bonchev–Trinajstić information content (AvgIpc) is 2.87. The van der Waals surface area contributed by atoms with E-state index >= 15 is 0 Å². The van der Waals surface area contributed by atoms with E-state index < -0.39 is 5.60 Å². The molecule has 0 aliphatic rings. The van der Waals surface area contributed by atoms with Gasteiger partial charge in [0.05, 0.1) is 6.26 Å². The highest BCUT2D eigenvalue weighted by molar-refractivity contribution is 6.35. The molecule has 1 aromatic carbocycles. The van der Waals surface area contributed by atoms with Crippen molar-refractivity contribution in [2.45, 2.75) is 19.1 Å². The van der Waals surface area contributed by atoms with Crippen LogP contribution in [0.2, 0.25) is 10.0 Å². The Morgan fingerprint density at radius 1 is 1.21 bits per heavy atom. The van der Waals surface area contributed by atoms with Crippen molar-refractivity contribution in [2.75, 3.05) is 6.54 Å². The third-order valence-corrected chi connectivity index (χ3v) is 3.59. The number of aliphatic hydroxyl groups is 1. The zero-order valence-electron chi connectivity index (χ0n) is 10.5. The Hall–Kier alpha value is -1.00. The standard InChI is InChI=1S/C14H15Cl2NO2/c1-14(18,13-6-3-7-19-13)9-17-8-10-11(15)4-2-5-12(10)16/h2-7,17-18H,8-9H2,1H3. The molecule has 2 rings (SSSR count). The first-order valence-corrected chi connectivity index (χ1v) is 6.66. The molecular formula is C14H15Cl2NO2. The average molecular weight is 300 g/mol. The van der Waals surface area contributed by atoms with Crippen LogP contribution in [0.3, 0.4) is 0 Å². The summed E-state index contributed by atoms with van der Waals surface area (Å²) in [6.07, 6.45) is 1.54. The Labute approximate surface area is 122 Å². The van der Waals surface area contributed by atoms with Crippen molar-refractivity contribution < 1.29 is 9.52 Å². The van der Waals surface area contributed by atoms with E-state index in [4.69, 9.17) is 27.6 Å². The van der Waals surface area contributed by atoms with Crippen LogP contribution in [0.5, 0.6) is 0 Å². The van der Waals surface area contributed by atoms with Gasteiger partial charge in [-0.1, -0.05) is 29.3 Å². The zero-order chi connectivity index (χ0) is 13.9. The Kier molecular flexibility index (Phi) is 4.53. The van der Waals surface area contributed by atoms with Crippen molar-refractivity contribution in [1.29, 1.82) is 0 Å². The lowest BCUT2D eigenvalue weighted by Gasteiger charge is -2.21. The molecule has 0 radical (unpaired) electrons. The van der Waals surface area contributed by atoms with Gasteiger partial charge in [0.2, 0.25) is 0 Å². The number of halogens is 2. The highest BCUT2D eigenvalue weighted by atomic mass is 35.5. The van der Waals surface area contributed by atoms with E-state index in [1.165, 1.54) is 6.26 Å². The first kappa shape index (κ1) is 14.4. The number of nitrogens with one attached hydrogen (secondary N) is 1. The summed E-state index contributed by atoms with van der Waals surface area (Å²) < 4.78 is 5.21. The fourth-order valence-corrected chi connectivity index (χ4v) is 2.34. The van der Waals surface area contributed by atoms with E-state index in [1.54, 1.807) is 37.3 Å². The first-order chi connectivity index (χ1) is 9.00. The molecule has 1 unspecified atom stereocenters. The van der Waals surface area contributed by atoms with Crippen molar-refractivity contribution in [3.8, 4) is 0 Å². The second-order valence-electron chi connectivity index (χ2n) is 4.55. The lowest BCUT2D eigenvalue weighted by atomic mass is 10.0. The number of hydrogen-bond donors (Lipinski definition) is 2. The molecule has 2 N–H and O–H groups in total. The molecule has 0 bridgehead atoms. The van der Waals surface area contributed by atoms with Crippen LogP contribution in [-0.2, 0) is 12.1 Å². The van der Waals surface area contributed by atoms with Crippen LogP contribution in [-0.4, -0.2) is 11.7 Å². The third-order valence-electron chi connectivity index (χ3n) is 2.88. The van der Waals surface area contributed by atoms with Gasteiger partial charge >= 0.3 is 0 Å². The lowest BCUT2D eigenvalue weighted by molar-refractivity contribution is 0.0340. The van der Waals surface area contributed by atoms with Gasteiger partial charge in [0.1, 0.15) is 11.4 Å². The van der Waals surface area contributed by atoms with E-state index in [1.807, 2.05) is 0 Å². The van der Waals surface area contributed by atoms with Gasteiger partial charge < -0.3 is 14.8 Å². The molecule has 102 valence electrons. The summed E-state index contributed by atoms with van der Waals surface area (Å²) >= 11 is 12.1. The first-order valence-electron chi connectivity index (χ1n) is 5.90. The Bertz CT molecular complexity index is 518. The fourth-order valence-electron chi connectivity index (χ4n) is 1.80. The SMILES string of the molecule is CC(O)(CNCc1c(Cl)cccc1Cl)c1ccco1. The van der Waals surface area contributed by atoms with E-state index in [-0.39, 0.29) is 0 Å². The molecule has 0 saturated heterocycles. The maximum Gasteiger partial charge on any atom is 0.136 e. The van der Waals surface area contributed by atoms with Crippen LogP contribution in [0.25, 0.3) is 0 Å². The number of hydrogen-bond acceptors (Lipinski definition) is 3. The van der Waals surface area contributed by atoms with Crippen molar-refractivity contribution in [3.05, 3.63) is 58.0 Å². The van der Waals surface area contributed by atoms with Gasteiger partial charge in [0, 0.05) is 28.7 Å². The van der Waals surface area contributed by atoms with Crippen LogP contribution < -0.4 is 5.32 Å². The summed E-state index contributed by atoms with van der Waals surface area (Å²) in [6, 6.07) is 8.86. The maximum atomic E-state index is 10.3. The summed E-state index contributed by atoms with van der Waals surface area (Å²) in [6.45, 7) is 2.50. The van der Waals surface area contributed by atoms with Gasteiger partial charge in [-0.25, -0.2) is 0 Å². The third kappa shape index (κ3) is 3.51. The summed E-state index contributed by atoms with van der Waals surface area (Å²) in [5.41, 5.74) is -0.252. The number of furan rings is 1. The Morgan fingerprint density at radius 3 is 2.47 bits per heavy atom. The predicted molar refractivity (Wildman–Crippen MR) is 76.4 cm³/mol. The molecule has 2 aromatic rings. The molecular weight excluding hydrogens is 285 g/mol. The molecule has 1 aromatic heterocycles. The van der Waals surface area contributed by atoms with Crippen LogP contribution in [0.1, 0.15) is 18.2 Å². The fraction of sp³-hybridized carbons (Fsp3) is 0.286. The molecule has 5 heteroatoms. The topological polar surface area (TPSA) is 45.4 Å². The van der Waals surface area contributed by atoms with Gasteiger partial charge in [-0.2, -0.15) is 0 Å². The Balaban J connectivity index is 1.97. The summed E-state index contributed by atoms with van der Waals surface area (Å²) in [4.78, 5) is 0. The van der Waals surface area contributed by atoms with Crippen molar-refractivity contribution in [3.63, 3.8) is 0 Å². The highest BCUT2D eigenvalue weighted by Crippen LogP contribution is 2.25. The molecule has 1 atom stereocenters. The van der Waals surface area contributed by atoms with Crippen LogP contribution in [0, 0.1) is 0 Å². The molecule has 0 spiro atoms. The molecule has 0 aliphatic heterocycles. The lowest BCUT2D eigenvalue weighted by Crippen LogP contribution is -2.34. The smallest absolute Gasteiger partial charge is 0.136 e. The quantitative estimate of drug-likeness (QED) is 0.887. The minimum Gasteiger partial charge on any atom is -0.466 e. The van der Waals surface area contributed by atoms with Gasteiger partial charge in [0.15, 0.2) is 0 Å². The number of benzene rings is 1. The largest absolute Gasteiger partial charge is 0.466 e. The Morgan fingerprint density at radius 2 is 1.89 bits per heavy atom. The second kappa shape index (κ2) is 5.97. The van der Waals surface area contributed by atoms with E-state index in [0.29, 0.717) is 28.9 Å². The zero-order valence-corrected chi connectivity index (χ0v) is 12.0. The normalized spacial score (nSPS) is 14.3. The second-order valence-corrected chi connectivity index (χ2v) is 5.37. The van der Waals surface area contributed by atoms with Gasteiger partial charge in [-0.05, 0) is 31.2 Å². The minimum atomic E-state index is -1.07. The van der Waals surface area contributed by atoms with Crippen LogP contribution >= 0.6 is 23.2 Å². The summed E-state index contributed by atoms with van der Waals surface area (Å²) in [5, 5.41) is 14.6. The molecule has 0 saturated carbocycles. The predicted octanol–water partition coefficient (Wildman–Crippen LogP) is 3.58. The molecule has 0 amide bonds. The van der Waals surface area contributed by atoms with Gasteiger partial charge in [-0.15, -0.1) is 0 Å². The van der Waals surface area contributed by atoms with Crippen molar-refractivity contribution in [2.24, 2.45) is 0 Å². The van der Waals surface area contributed by atoms with Gasteiger partial charge in [0.25, 0.3) is 0 Å². The molecule has 3 nitrogen and oxygen atoms in total. The molecule has 1 heterocycles. The molecule has 0 aliphatic carbocycles. The van der Waals surface area contributed by atoms with Crippen LogP contribution in [0.15, 0.2) is 41.0 Å². The molecule has 19 heavy (non-hydrogen) atoms. The monoisotopic (exact) mass is 299 g/mol. The summed E-state index contributed by atoms with van der Waals surface area (Å²) in [7, 11) is 0. The minimum absolute atomic E-state index is 0.335. The van der Waals surface area contributed by atoms with Crippen LogP contribution in [0.4, 0.5) is 0 Å². The van der Waals surface area contributed by atoms with E-state index in [0.717, 1.165) is 5.56 Å².